The summed E-state index contributed by atoms with van der Waals surface area (Å²) in [4.78, 5) is 46.5. The van der Waals surface area contributed by atoms with Crippen molar-refractivity contribution in [1.82, 2.24) is 10.6 Å². The fraction of sp³-hybridized carbons (Fsp3) is 0.444. The van der Waals surface area contributed by atoms with Crippen molar-refractivity contribution >= 4 is 84.9 Å². The number of thioether (sulfide) groups is 2. The molecule has 2 unspecified atom stereocenters. The highest BCUT2D eigenvalue weighted by atomic mass is 128. The van der Waals surface area contributed by atoms with Gasteiger partial charge in [-0.25, -0.2) is 19.2 Å². The number of hydrogen-bond donors (Lipinski definition) is 6. The summed E-state index contributed by atoms with van der Waals surface area (Å²) < 4.78 is 15.4. The third-order valence-electron chi connectivity index (χ3n) is 5.35. The number of carboxylic acids is 1. The van der Waals surface area contributed by atoms with Gasteiger partial charge in [-0.1, -0.05) is 36.1 Å². The highest BCUT2D eigenvalue weighted by Crippen LogP contribution is 2.15. The van der Waals surface area contributed by atoms with E-state index in [1.807, 2.05) is 0 Å². The van der Waals surface area contributed by atoms with Crippen LogP contribution in [0.5, 0.6) is 11.5 Å². The monoisotopic (exact) mass is 1000 g/mol. The van der Waals surface area contributed by atoms with Crippen molar-refractivity contribution in [2.45, 2.75) is 78.0 Å². The average Bonchev–Trinajstić information content (AvgIpc) is 3.08. The van der Waals surface area contributed by atoms with E-state index >= 15 is 0 Å². The molecule has 2 aromatic carbocycles. The lowest BCUT2D eigenvalue weighted by atomic mass is 10.2. The number of amides is 2. The van der Waals surface area contributed by atoms with Gasteiger partial charge in [-0.2, -0.15) is 0 Å². The number of rotatable bonds is 13. The van der Waals surface area contributed by atoms with E-state index in [-0.39, 0.29) is 30.5 Å². The predicted octanol–water partition coefficient (Wildman–Crippen LogP) is 6.33. The number of nitrogens with one attached hydrogen (secondary N) is 2. The normalized spacial score (nSPS) is 11.3. The topological polar surface area (TPSA) is 201 Å². The van der Waals surface area contributed by atoms with Gasteiger partial charge in [0.2, 0.25) is 0 Å². The number of aliphatic hydroxyl groups is 2. The Balaban J connectivity index is 0. The SMILES string of the molecule is C#CCSCC(NC(=O)OC(C)(C)C)C(=O)O.C#CCSCC(NC(=O)OC(C)(C)C)C(=O)Oc1ccc(CO)cc1.II.OCc1ccc(O)cc1. The maximum Gasteiger partial charge on any atom is 0.408 e. The van der Waals surface area contributed by atoms with Gasteiger partial charge >= 0.3 is 24.1 Å². The Hall–Kier alpha value is -3.08. The van der Waals surface area contributed by atoms with Crippen molar-refractivity contribution in [1.29, 1.82) is 0 Å². The Kier molecular flexibility index (Phi) is 28.8. The first kappa shape index (κ1) is 52.0. The van der Waals surface area contributed by atoms with Gasteiger partial charge in [-0.05, 0) is 76.9 Å². The van der Waals surface area contributed by atoms with E-state index in [9.17, 15) is 19.2 Å². The molecule has 0 aliphatic heterocycles. The number of carbonyl (C=O) groups is 4. The van der Waals surface area contributed by atoms with Crippen LogP contribution in [0.15, 0.2) is 48.5 Å². The molecule has 0 radical (unpaired) electrons. The van der Waals surface area contributed by atoms with Crippen molar-refractivity contribution in [2.75, 3.05) is 23.0 Å². The molecule has 0 aliphatic carbocycles. The van der Waals surface area contributed by atoms with Crippen LogP contribution in [0.4, 0.5) is 9.59 Å². The minimum atomic E-state index is -1.11. The number of carboxylic acid groups (broad SMARTS) is 1. The van der Waals surface area contributed by atoms with E-state index in [1.165, 1.54) is 23.5 Å². The van der Waals surface area contributed by atoms with Crippen LogP contribution in [0.3, 0.4) is 0 Å². The third kappa shape index (κ3) is 29.0. The van der Waals surface area contributed by atoms with Gasteiger partial charge in [0.15, 0.2) is 0 Å². The zero-order chi connectivity index (χ0) is 41.0. The Morgan fingerprint density at radius 1 is 0.736 bits per heavy atom. The van der Waals surface area contributed by atoms with Crippen molar-refractivity contribution in [2.24, 2.45) is 0 Å². The van der Waals surface area contributed by atoms with Gasteiger partial charge in [-0.15, -0.1) is 36.4 Å². The first-order valence-electron chi connectivity index (χ1n) is 15.5. The summed E-state index contributed by atoms with van der Waals surface area (Å²) in [7, 11) is 0. The molecule has 2 atom stereocenters. The molecule has 0 fully saturated rings. The number of aliphatic hydroxyl groups excluding tert-OH is 2. The Labute approximate surface area is 343 Å². The van der Waals surface area contributed by atoms with Crippen molar-refractivity contribution in [3.63, 3.8) is 0 Å². The largest absolute Gasteiger partial charge is 0.508 e. The number of esters is 1. The molecule has 0 aliphatic rings. The van der Waals surface area contributed by atoms with Crippen LogP contribution >= 0.6 is 60.8 Å². The molecule has 0 bridgehead atoms. The molecule has 0 saturated heterocycles. The second-order valence-electron chi connectivity index (χ2n) is 12.2. The Morgan fingerprint density at radius 2 is 1.11 bits per heavy atom. The van der Waals surface area contributed by atoms with Gasteiger partial charge in [0.05, 0.1) is 24.7 Å². The maximum atomic E-state index is 12.4. The molecule has 53 heavy (non-hydrogen) atoms. The summed E-state index contributed by atoms with van der Waals surface area (Å²) in [6, 6.07) is 11.0. The lowest BCUT2D eigenvalue weighted by Gasteiger charge is -2.22. The van der Waals surface area contributed by atoms with Gasteiger partial charge < -0.3 is 45.3 Å². The van der Waals surface area contributed by atoms with Crippen molar-refractivity contribution in [3.05, 3.63) is 59.7 Å². The fourth-order valence-electron chi connectivity index (χ4n) is 3.17. The number of ether oxygens (including phenoxy) is 3. The standard InChI is InChI=1S/C18H23NO5S.C11H17NO4S.C7H8O2.I2/c1-5-10-25-12-15(19-17(22)24-18(2,3)4)16(21)23-14-8-6-13(11-20)7-9-14;1-5-6-17-7-8(9(13)14)12-10(15)16-11(2,3)4;8-5-6-1-3-7(9)4-2-6;1-2/h1,6-9,15,20H,10-12H2,2-4H3,(H,19,22);1,8H,6-7H2,2-4H3,(H,12,15)(H,13,14);1-4,8-9H,5H2;. The van der Waals surface area contributed by atoms with Crippen LogP contribution in [0, 0.1) is 24.7 Å². The summed E-state index contributed by atoms with van der Waals surface area (Å²) in [5.74, 6) is 4.94. The van der Waals surface area contributed by atoms with Gasteiger partial charge in [0, 0.05) is 48.7 Å². The molecule has 17 heteroatoms. The van der Waals surface area contributed by atoms with E-state index in [4.69, 9.17) is 47.5 Å². The molecule has 2 rings (SSSR count). The Bertz CT molecular complexity index is 1450. The number of halogens is 2. The summed E-state index contributed by atoms with van der Waals surface area (Å²) in [6.45, 7) is 10.2. The fourth-order valence-corrected chi connectivity index (χ4v) is 4.55. The number of aliphatic carboxylic acids is 1. The highest BCUT2D eigenvalue weighted by Gasteiger charge is 2.26. The molecule has 0 aromatic heterocycles. The van der Waals surface area contributed by atoms with Crippen LogP contribution in [0.2, 0.25) is 0 Å². The minimum Gasteiger partial charge on any atom is -0.508 e. The number of phenols is 1. The second kappa shape index (κ2) is 29.3. The van der Waals surface area contributed by atoms with E-state index in [2.05, 4.69) is 59.7 Å². The molecule has 6 N–H and O–H groups in total. The summed E-state index contributed by atoms with van der Waals surface area (Å²) in [6.07, 6.45) is 8.81. The molecule has 294 valence electrons. The van der Waals surface area contributed by atoms with Crippen LogP contribution in [-0.4, -0.2) is 90.8 Å². The van der Waals surface area contributed by atoms with E-state index in [0.29, 0.717) is 22.8 Å². The van der Waals surface area contributed by atoms with Crippen LogP contribution in [0.1, 0.15) is 52.7 Å². The molecule has 2 amide bonds. The maximum absolute atomic E-state index is 12.4. The number of alkyl carbamates (subject to hydrolysis) is 2. The van der Waals surface area contributed by atoms with Crippen molar-refractivity contribution < 1.29 is 53.8 Å². The van der Waals surface area contributed by atoms with Gasteiger partial charge in [0.25, 0.3) is 0 Å². The lowest BCUT2D eigenvalue weighted by molar-refractivity contribution is -0.139. The predicted molar refractivity (Wildman–Crippen MR) is 226 cm³/mol. The summed E-state index contributed by atoms with van der Waals surface area (Å²) in [5.41, 5.74) is 0.185. The first-order chi connectivity index (χ1) is 24.8. The number of carbonyl (C=O) groups excluding carboxylic acids is 3. The van der Waals surface area contributed by atoms with Crippen LogP contribution in [0.25, 0.3) is 0 Å². The average molecular weight is 1000 g/mol. The molecule has 0 heterocycles. The summed E-state index contributed by atoms with van der Waals surface area (Å²) in [5, 5.41) is 40.0. The zero-order valence-electron chi connectivity index (χ0n) is 30.4. The summed E-state index contributed by atoms with van der Waals surface area (Å²) >= 11 is 6.83. The molecule has 0 spiro atoms. The van der Waals surface area contributed by atoms with E-state index in [0.717, 1.165) is 5.56 Å². The van der Waals surface area contributed by atoms with E-state index in [1.54, 1.807) is 90.1 Å². The number of benzene rings is 2. The minimum absolute atomic E-state index is 0.0281. The van der Waals surface area contributed by atoms with Crippen molar-refractivity contribution in [3.8, 4) is 36.2 Å². The Morgan fingerprint density at radius 3 is 1.47 bits per heavy atom. The zero-order valence-corrected chi connectivity index (χ0v) is 36.3. The lowest BCUT2D eigenvalue weighted by Crippen LogP contribution is -2.46. The number of aromatic hydroxyl groups is 1. The number of hydrogen-bond acceptors (Lipinski definition) is 12. The quantitative estimate of drug-likeness (QED) is 0.0428. The second-order valence-corrected chi connectivity index (χ2v) is 14.3. The van der Waals surface area contributed by atoms with E-state index < -0.39 is 47.4 Å². The van der Waals surface area contributed by atoms with Crippen LogP contribution < -0.4 is 15.4 Å². The van der Waals surface area contributed by atoms with Gasteiger partial charge in [-0.3, -0.25) is 0 Å². The number of phenolic OH excluding ortho intramolecular Hbond substituents is 1. The third-order valence-corrected chi connectivity index (χ3v) is 7.23. The van der Waals surface area contributed by atoms with Gasteiger partial charge in [0.1, 0.15) is 34.8 Å². The first-order valence-corrected chi connectivity index (χ1v) is 24.1. The highest BCUT2D eigenvalue weighted by molar-refractivity contribution is 15.0. The molecule has 0 saturated carbocycles. The molecular weight excluding hydrogens is 954 g/mol. The van der Waals surface area contributed by atoms with Crippen LogP contribution in [-0.2, 0) is 32.3 Å². The molecule has 2 aromatic rings. The number of terminal acetylenes is 2. The smallest absolute Gasteiger partial charge is 0.408 e. The molecular formula is C36H48I2N2O11S2. The molecule has 13 nitrogen and oxygen atoms in total.